The molecular formula is C11H12Na2O4S. The van der Waals surface area contributed by atoms with E-state index < -0.39 is 16.1 Å². The van der Waals surface area contributed by atoms with Gasteiger partial charge >= 0.3 is 75.2 Å². The summed E-state index contributed by atoms with van der Waals surface area (Å²) in [6.45, 7) is 3.10. The van der Waals surface area contributed by atoms with Gasteiger partial charge in [0.15, 0.2) is 0 Å². The van der Waals surface area contributed by atoms with Crippen LogP contribution in [0.5, 0.6) is 0 Å². The Morgan fingerprint density at radius 3 is 2.22 bits per heavy atom. The van der Waals surface area contributed by atoms with Crippen molar-refractivity contribution in [2.45, 2.75) is 0 Å². The number of rotatable bonds is 4. The van der Waals surface area contributed by atoms with Crippen LogP contribution < -0.4 is 0 Å². The Bertz CT molecular complexity index is 509. The van der Waals surface area contributed by atoms with E-state index in [2.05, 4.69) is 10.8 Å². The molecule has 0 bridgehead atoms. The minimum atomic E-state index is -3.99. The Morgan fingerprint density at radius 1 is 1.17 bits per heavy atom. The summed E-state index contributed by atoms with van der Waals surface area (Å²) in [5, 5.41) is 0.823. The van der Waals surface area contributed by atoms with Gasteiger partial charge in [0.05, 0.1) is 5.41 Å². The molecule has 0 aliphatic carbocycles. The molecule has 88 valence electrons. The summed E-state index contributed by atoms with van der Waals surface area (Å²) in [4.78, 5) is 10.7. The first kappa shape index (κ1) is 20.4. The van der Waals surface area contributed by atoms with E-state index in [9.17, 15) is 13.2 Å². The van der Waals surface area contributed by atoms with E-state index in [1.54, 1.807) is 24.3 Å². The Kier molecular flexibility index (Phi) is 11.3. The second-order valence-corrected chi connectivity index (χ2v) is 4.24. The van der Waals surface area contributed by atoms with E-state index in [0.717, 1.165) is 11.5 Å². The average molecular weight is 286 g/mol. The van der Waals surface area contributed by atoms with Crippen LogP contribution >= 0.6 is 0 Å². The van der Waals surface area contributed by atoms with Crippen molar-refractivity contribution in [3.05, 3.63) is 54.0 Å². The Hall–Kier alpha value is 0.120. The number of carbonyl (C=O) groups excluding carboxylic acids is 1. The Balaban J connectivity index is 0. The summed E-state index contributed by atoms with van der Waals surface area (Å²) in [6, 6.07) is 8.79. The molecule has 0 heterocycles. The zero-order valence-corrected chi connectivity index (χ0v) is 9.18. The van der Waals surface area contributed by atoms with Crippen LogP contribution in [0.4, 0.5) is 0 Å². The SMILES string of the molecule is C=CC(=O)OS(=O)(=O)C=Cc1ccccc1.[NaH].[NaH]. The predicted molar refractivity (Wildman–Crippen MR) is 75.0 cm³/mol. The summed E-state index contributed by atoms with van der Waals surface area (Å²) >= 11 is 0. The van der Waals surface area contributed by atoms with E-state index in [0.29, 0.717) is 5.56 Å². The van der Waals surface area contributed by atoms with E-state index in [1.165, 1.54) is 6.08 Å². The van der Waals surface area contributed by atoms with Crippen molar-refractivity contribution in [1.29, 1.82) is 0 Å². The molecule has 0 amide bonds. The second kappa shape index (κ2) is 9.97. The van der Waals surface area contributed by atoms with E-state index >= 15 is 0 Å². The van der Waals surface area contributed by atoms with Gasteiger partial charge in [-0.1, -0.05) is 36.9 Å². The maximum atomic E-state index is 11.2. The molecule has 0 atom stereocenters. The molecule has 4 nitrogen and oxygen atoms in total. The Morgan fingerprint density at radius 2 is 1.72 bits per heavy atom. The summed E-state index contributed by atoms with van der Waals surface area (Å²) in [5.74, 6) is -1.00. The zero-order chi connectivity index (χ0) is 12.0. The summed E-state index contributed by atoms with van der Waals surface area (Å²) in [5.41, 5.74) is 0.695. The monoisotopic (exact) mass is 286 g/mol. The minimum absolute atomic E-state index is 0. The molecule has 0 radical (unpaired) electrons. The molecule has 1 aromatic carbocycles. The van der Waals surface area contributed by atoms with Gasteiger partial charge in [-0.15, -0.1) is 0 Å². The second-order valence-electron chi connectivity index (χ2n) is 2.81. The molecule has 0 aromatic heterocycles. The van der Waals surface area contributed by atoms with Crippen LogP contribution in [-0.2, 0) is 19.1 Å². The Labute approximate surface area is 151 Å². The van der Waals surface area contributed by atoms with Gasteiger partial charge in [-0.05, 0) is 11.6 Å². The topological polar surface area (TPSA) is 60.4 Å². The molecule has 1 rings (SSSR count). The van der Waals surface area contributed by atoms with Crippen LogP contribution in [0.25, 0.3) is 6.08 Å². The van der Waals surface area contributed by atoms with Gasteiger partial charge in [0.1, 0.15) is 0 Å². The first-order valence-corrected chi connectivity index (χ1v) is 5.84. The molecule has 18 heavy (non-hydrogen) atoms. The predicted octanol–water partition coefficient (Wildman–Crippen LogP) is 0.419. The van der Waals surface area contributed by atoms with Crippen LogP contribution in [0.15, 0.2) is 48.4 Å². The van der Waals surface area contributed by atoms with Crippen molar-refractivity contribution in [3.63, 3.8) is 0 Å². The van der Waals surface area contributed by atoms with Gasteiger partial charge in [0.2, 0.25) is 0 Å². The van der Waals surface area contributed by atoms with Gasteiger partial charge < -0.3 is 4.18 Å². The van der Waals surface area contributed by atoms with E-state index in [-0.39, 0.29) is 59.1 Å². The fraction of sp³-hybridized carbons (Fsp3) is 0. The average Bonchev–Trinajstić information content (AvgIpc) is 2.27. The fourth-order valence-electron chi connectivity index (χ4n) is 0.902. The molecule has 0 fully saturated rings. The van der Waals surface area contributed by atoms with Gasteiger partial charge in [0, 0.05) is 6.08 Å². The van der Waals surface area contributed by atoms with Crippen molar-refractivity contribution in [2.24, 2.45) is 0 Å². The molecular weight excluding hydrogens is 274 g/mol. The molecule has 0 N–H and O–H groups in total. The normalized spacial score (nSPS) is 10.0. The third-order valence-corrected chi connectivity index (χ3v) is 2.46. The summed E-state index contributed by atoms with van der Waals surface area (Å²) < 4.78 is 26.5. The summed E-state index contributed by atoms with van der Waals surface area (Å²) in [7, 11) is -3.99. The molecule has 7 heteroatoms. The molecule has 0 aliphatic rings. The first-order valence-electron chi connectivity index (χ1n) is 4.37. The number of benzene rings is 1. The molecule has 1 aromatic rings. The fourth-order valence-corrected chi connectivity index (χ4v) is 1.58. The summed E-state index contributed by atoms with van der Waals surface area (Å²) in [6.07, 6.45) is 2.12. The van der Waals surface area contributed by atoms with Crippen LogP contribution in [0.1, 0.15) is 5.56 Å². The quantitative estimate of drug-likeness (QED) is 0.457. The maximum absolute atomic E-state index is 11.2. The first-order chi connectivity index (χ1) is 7.53. The van der Waals surface area contributed by atoms with Crippen molar-refractivity contribution in [2.75, 3.05) is 0 Å². The molecule has 0 spiro atoms. The number of hydrogen-bond donors (Lipinski definition) is 0. The van der Waals surface area contributed by atoms with Gasteiger partial charge in [-0.2, -0.15) is 8.42 Å². The van der Waals surface area contributed by atoms with Crippen molar-refractivity contribution in [3.8, 4) is 0 Å². The van der Waals surface area contributed by atoms with E-state index in [1.807, 2.05) is 6.07 Å². The molecule has 0 aliphatic heterocycles. The van der Waals surface area contributed by atoms with Crippen molar-refractivity contribution < 1.29 is 17.4 Å². The third-order valence-electron chi connectivity index (χ3n) is 1.59. The zero-order valence-electron chi connectivity index (χ0n) is 8.37. The van der Waals surface area contributed by atoms with Crippen LogP contribution in [0.3, 0.4) is 0 Å². The molecule has 0 saturated carbocycles. The third kappa shape index (κ3) is 8.26. The number of hydrogen-bond acceptors (Lipinski definition) is 4. The van der Waals surface area contributed by atoms with Crippen molar-refractivity contribution >= 4 is 81.3 Å². The van der Waals surface area contributed by atoms with E-state index in [4.69, 9.17) is 0 Å². The van der Waals surface area contributed by atoms with Crippen LogP contribution in [0, 0.1) is 0 Å². The van der Waals surface area contributed by atoms with Gasteiger partial charge in [0.25, 0.3) is 0 Å². The van der Waals surface area contributed by atoms with Crippen LogP contribution in [0.2, 0.25) is 0 Å². The standard InChI is InChI=1S/C11H10O4S.2Na.2H/c1-2-11(12)15-16(13,14)9-8-10-6-4-3-5-7-10;;;;/h2-9H,1H2;;;;. The van der Waals surface area contributed by atoms with Gasteiger partial charge in [-0.25, -0.2) is 4.79 Å². The molecule has 0 unspecified atom stereocenters. The molecule has 0 saturated heterocycles. The van der Waals surface area contributed by atoms with Crippen LogP contribution in [-0.4, -0.2) is 73.5 Å². The number of carbonyl (C=O) groups is 1. The van der Waals surface area contributed by atoms with Crippen molar-refractivity contribution in [1.82, 2.24) is 0 Å². The van der Waals surface area contributed by atoms with Gasteiger partial charge in [-0.3, -0.25) is 0 Å².